The number of hydrogen-bond donors (Lipinski definition) is 1. The average molecular weight is 435 g/mol. The van der Waals surface area contributed by atoms with Crippen molar-refractivity contribution in [3.05, 3.63) is 95.2 Å². The lowest BCUT2D eigenvalue weighted by molar-refractivity contribution is -0.117. The van der Waals surface area contributed by atoms with E-state index in [1.54, 1.807) is 4.40 Å². The molecular weight excluding hydrogens is 414 g/mol. The highest BCUT2D eigenvalue weighted by atomic mass is 16.2. The number of carbonyl (C=O) groups is 1. The molecular formula is C26H21N5O2. The highest BCUT2D eigenvalue weighted by molar-refractivity contribution is 5.95. The molecule has 0 saturated heterocycles. The molecule has 3 aromatic carbocycles. The Kier molecular flexibility index (Phi) is 4.54. The highest BCUT2D eigenvalue weighted by Crippen LogP contribution is 2.39. The van der Waals surface area contributed by atoms with Gasteiger partial charge in [-0.2, -0.15) is 0 Å². The molecule has 1 N–H and O–H groups in total. The van der Waals surface area contributed by atoms with E-state index in [1.807, 2.05) is 78.9 Å². The first-order valence-electron chi connectivity index (χ1n) is 11.0. The smallest absolute Gasteiger partial charge is 0.324 e. The summed E-state index contributed by atoms with van der Waals surface area (Å²) < 4.78 is 2.81. The van der Waals surface area contributed by atoms with E-state index < -0.39 is 0 Å². The Hall–Kier alpha value is -4.26. The molecule has 1 aliphatic rings. The zero-order valence-electron chi connectivity index (χ0n) is 17.8. The van der Waals surface area contributed by atoms with Crippen molar-refractivity contribution >= 4 is 28.1 Å². The minimum atomic E-state index is -0.336. The van der Waals surface area contributed by atoms with Crippen LogP contribution in [0.5, 0.6) is 0 Å². The number of carbonyl (C=O) groups excluding carboxylic acids is 1. The molecule has 0 bridgehead atoms. The maximum atomic E-state index is 13.2. The topological polar surface area (TPSA) is 81.3 Å². The van der Waals surface area contributed by atoms with Crippen molar-refractivity contribution in [3.63, 3.8) is 0 Å². The Balaban J connectivity index is 1.36. The standard InChI is InChI=1S/C26H21N5O2/c32-23(27-21-12-6-4-10-19(21)17-8-2-1-3-9-17)16-30-26(33)31-24(18-14-15-18)28-22-13-7-5-11-20(22)25(31)29-30/h1-13,18H,14-16H2,(H,27,32). The summed E-state index contributed by atoms with van der Waals surface area (Å²) in [5.74, 6) is 0.683. The van der Waals surface area contributed by atoms with E-state index in [0.717, 1.165) is 40.7 Å². The Bertz CT molecular complexity index is 1560. The lowest BCUT2D eigenvalue weighted by Gasteiger charge is -2.11. The first kappa shape index (κ1) is 19.4. The summed E-state index contributed by atoms with van der Waals surface area (Å²) in [6.07, 6.45) is 2.02. The summed E-state index contributed by atoms with van der Waals surface area (Å²) in [6.45, 7) is -0.179. The zero-order chi connectivity index (χ0) is 22.4. The maximum Gasteiger partial charge on any atom is 0.352 e. The van der Waals surface area contributed by atoms with Gasteiger partial charge in [0, 0.05) is 22.6 Å². The Morgan fingerprint density at radius 3 is 2.48 bits per heavy atom. The Labute approximate surface area is 189 Å². The second-order valence-corrected chi connectivity index (χ2v) is 8.32. The molecule has 1 saturated carbocycles. The van der Waals surface area contributed by atoms with E-state index in [0.29, 0.717) is 11.3 Å². The van der Waals surface area contributed by atoms with Gasteiger partial charge in [0.15, 0.2) is 5.65 Å². The van der Waals surface area contributed by atoms with Crippen molar-refractivity contribution in [2.24, 2.45) is 0 Å². The third-order valence-corrected chi connectivity index (χ3v) is 5.97. The SMILES string of the molecule is O=C(Cn1nc2c3ccccc3nc(C3CC3)n2c1=O)Nc1ccccc1-c1ccccc1. The Morgan fingerprint density at radius 2 is 1.67 bits per heavy atom. The van der Waals surface area contributed by atoms with Crippen LogP contribution in [0, 0.1) is 0 Å². The van der Waals surface area contributed by atoms with Gasteiger partial charge in [0.05, 0.1) is 5.52 Å². The lowest BCUT2D eigenvalue weighted by Crippen LogP contribution is -2.29. The van der Waals surface area contributed by atoms with Gasteiger partial charge in [-0.25, -0.2) is 18.9 Å². The van der Waals surface area contributed by atoms with E-state index >= 15 is 0 Å². The summed E-state index contributed by atoms with van der Waals surface area (Å²) in [5, 5.41) is 8.29. The number of fused-ring (bicyclic) bond motifs is 3. The monoisotopic (exact) mass is 435 g/mol. The molecule has 33 heavy (non-hydrogen) atoms. The van der Waals surface area contributed by atoms with Crippen LogP contribution in [0.2, 0.25) is 0 Å². The molecule has 2 heterocycles. The van der Waals surface area contributed by atoms with Gasteiger partial charge in [0.25, 0.3) is 0 Å². The van der Waals surface area contributed by atoms with Crippen molar-refractivity contribution in [2.75, 3.05) is 5.32 Å². The molecule has 0 atom stereocenters. The van der Waals surface area contributed by atoms with Gasteiger partial charge in [0.2, 0.25) is 5.91 Å². The van der Waals surface area contributed by atoms with Gasteiger partial charge in [-0.05, 0) is 36.6 Å². The third-order valence-electron chi connectivity index (χ3n) is 5.97. The van der Waals surface area contributed by atoms with Crippen LogP contribution in [0.1, 0.15) is 24.6 Å². The minimum Gasteiger partial charge on any atom is -0.324 e. The van der Waals surface area contributed by atoms with Crippen molar-refractivity contribution in [2.45, 2.75) is 25.3 Å². The van der Waals surface area contributed by atoms with Crippen LogP contribution in [0.4, 0.5) is 5.69 Å². The van der Waals surface area contributed by atoms with E-state index in [4.69, 9.17) is 4.98 Å². The molecule has 0 unspecified atom stereocenters. The first-order valence-corrected chi connectivity index (χ1v) is 11.0. The lowest BCUT2D eigenvalue weighted by atomic mass is 10.0. The molecule has 1 aliphatic carbocycles. The van der Waals surface area contributed by atoms with E-state index in [2.05, 4.69) is 10.4 Å². The highest BCUT2D eigenvalue weighted by Gasteiger charge is 2.30. The fourth-order valence-electron chi connectivity index (χ4n) is 4.23. The van der Waals surface area contributed by atoms with Gasteiger partial charge in [-0.15, -0.1) is 5.10 Å². The quantitative estimate of drug-likeness (QED) is 0.448. The number of para-hydroxylation sites is 2. The van der Waals surface area contributed by atoms with E-state index in [9.17, 15) is 9.59 Å². The summed E-state index contributed by atoms with van der Waals surface area (Å²) in [6, 6.07) is 25.1. The van der Waals surface area contributed by atoms with E-state index in [-0.39, 0.29) is 24.1 Å². The molecule has 0 radical (unpaired) electrons. The van der Waals surface area contributed by atoms with Gasteiger partial charge >= 0.3 is 5.69 Å². The van der Waals surface area contributed by atoms with Gasteiger partial charge < -0.3 is 5.32 Å². The predicted molar refractivity (Wildman–Crippen MR) is 127 cm³/mol. The number of nitrogens with one attached hydrogen (secondary N) is 1. The zero-order valence-corrected chi connectivity index (χ0v) is 17.8. The molecule has 5 aromatic rings. The maximum absolute atomic E-state index is 13.2. The number of aromatic nitrogens is 4. The average Bonchev–Trinajstić information content (AvgIpc) is 3.64. The molecule has 1 amide bonds. The minimum absolute atomic E-state index is 0.179. The number of benzene rings is 3. The van der Waals surface area contributed by atoms with Gasteiger partial charge in [0.1, 0.15) is 12.4 Å². The summed E-state index contributed by atoms with van der Waals surface area (Å²) in [5.41, 5.74) is 3.63. The molecule has 0 spiro atoms. The van der Waals surface area contributed by atoms with Crippen LogP contribution in [-0.4, -0.2) is 25.1 Å². The van der Waals surface area contributed by atoms with E-state index in [1.165, 1.54) is 4.68 Å². The van der Waals surface area contributed by atoms with Crippen molar-refractivity contribution in [1.82, 2.24) is 19.2 Å². The molecule has 0 aliphatic heterocycles. The second kappa shape index (κ2) is 7.70. The largest absolute Gasteiger partial charge is 0.352 e. The molecule has 6 rings (SSSR count). The molecule has 162 valence electrons. The van der Waals surface area contributed by atoms with Gasteiger partial charge in [-0.3, -0.25) is 4.79 Å². The van der Waals surface area contributed by atoms with Crippen LogP contribution in [0.15, 0.2) is 83.7 Å². The number of nitrogens with zero attached hydrogens (tertiary/aromatic N) is 4. The normalized spacial score (nSPS) is 13.5. The van der Waals surface area contributed by atoms with Crippen LogP contribution < -0.4 is 11.0 Å². The molecule has 7 heteroatoms. The molecule has 1 fully saturated rings. The number of hydrogen-bond acceptors (Lipinski definition) is 4. The first-order chi connectivity index (χ1) is 16.2. The molecule has 7 nitrogen and oxygen atoms in total. The van der Waals surface area contributed by atoms with Crippen LogP contribution in [-0.2, 0) is 11.3 Å². The number of rotatable bonds is 5. The third kappa shape index (κ3) is 3.47. The summed E-state index contributed by atoms with van der Waals surface area (Å²) in [7, 11) is 0. The van der Waals surface area contributed by atoms with Crippen LogP contribution in [0.3, 0.4) is 0 Å². The van der Waals surface area contributed by atoms with Gasteiger partial charge in [-0.1, -0.05) is 60.7 Å². The fraction of sp³-hybridized carbons (Fsp3) is 0.154. The number of anilines is 1. The molecule has 2 aromatic heterocycles. The fourth-order valence-corrected chi connectivity index (χ4v) is 4.23. The van der Waals surface area contributed by atoms with Crippen molar-refractivity contribution in [3.8, 4) is 11.1 Å². The predicted octanol–water partition coefficient (Wildman–Crippen LogP) is 4.23. The second-order valence-electron chi connectivity index (χ2n) is 8.32. The van der Waals surface area contributed by atoms with Crippen molar-refractivity contribution < 1.29 is 4.79 Å². The summed E-state index contributed by atoms with van der Waals surface area (Å²) in [4.78, 5) is 30.9. The Morgan fingerprint density at radius 1 is 0.939 bits per heavy atom. The van der Waals surface area contributed by atoms with Crippen LogP contribution in [0.25, 0.3) is 27.7 Å². The van der Waals surface area contributed by atoms with Crippen LogP contribution >= 0.6 is 0 Å². The van der Waals surface area contributed by atoms with Crippen molar-refractivity contribution in [1.29, 1.82) is 0 Å². The number of amides is 1. The summed E-state index contributed by atoms with van der Waals surface area (Å²) >= 11 is 0.